The van der Waals surface area contributed by atoms with Gasteiger partial charge in [0.05, 0.1) is 4.34 Å². The molecule has 1 amide bonds. The number of hydrogen-bond donors (Lipinski definition) is 1. The van der Waals surface area contributed by atoms with Crippen molar-refractivity contribution in [2.45, 2.75) is 23.1 Å². The number of nitrogens with one attached hydrogen (secondary N) is 1. The van der Waals surface area contributed by atoms with Crippen LogP contribution in [0.4, 0.5) is 5.69 Å². The third kappa shape index (κ3) is 3.77. The number of hydrogen-bond acceptors (Lipinski definition) is 4. The van der Waals surface area contributed by atoms with E-state index in [1.807, 2.05) is 12.1 Å². The number of carbonyl (C=O) groups is 1. The molecule has 9 heteroatoms. The predicted molar refractivity (Wildman–Crippen MR) is 104 cm³/mol. The van der Waals surface area contributed by atoms with Crippen LogP contribution in [0.1, 0.15) is 12.8 Å². The maximum atomic E-state index is 12.8. The molecule has 1 N–H and O–H groups in total. The molecule has 0 spiro atoms. The SMILES string of the molecule is O=C(Nc1ccc(I)cc1)[C@@H]1CCCN1S(=O)(=O)c1ccc(Cl)s1. The lowest BCUT2D eigenvalue weighted by molar-refractivity contribution is -0.119. The van der Waals surface area contributed by atoms with Gasteiger partial charge in [0.2, 0.25) is 5.91 Å². The summed E-state index contributed by atoms with van der Waals surface area (Å²) in [5.41, 5.74) is 0.656. The average molecular weight is 497 g/mol. The van der Waals surface area contributed by atoms with Crippen molar-refractivity contribution in [2.24, 2.45) is 0 Å². The monoisotopic (exact) mass is 496 g/mol. The zero-order valence-electron chi connectivity index (χ0n) is 12.4. The van der Waals surface area contributed by atoms with Crippen LogP contribution in [-0.2, 0) is 14.8 Å². The Bertz CT molecular complexity index is 852. The van der Waals surface area contributed by atoms with Crippen LogP contribution < -0.4 is 5.32 Å². The fourth-order valence-corrected chi connectivity index (χ4v) is 6.23. The van der Waals surface area contributed by atoms with Crippen molar-refractivity contribution < 1.29 is 13.2 Å². The Morgan fingerprint density at radius 3 is 2.58 bits per heavy atom. The molecule has 1 atom stereocenters. The van der Waals surface area contributed by atoms with Gasteiger partial charge in [-0.25, -0.2) is 8.42 Å². The van der Waals surface area contributed by atoms with Gasteiger partial charge in [-0.3, -0.25) is 4.79 Å². The molecule has 2 aromatic rings. The van der Waals surface area contributed by atoms with Gasteiger partial charge in [0.1, 0.15) is 10.3 Å². The Balaban J connectivity index is 1.80. The summed E-state index contributed by atoms with van der Waals surface area (Å²) in [5, 5.41) is 2.80. The molecule has 0 unspecified atom stereocenters. The van der Waals surface area contributed by atoms with Gasteiger partial charge in [-0.2, -0.15) is 4.31 Å². The molecule has 24 heavy (non-hydrogen) atoms. The summed E-state index contributed by atoms with van der Waals surface area (Å²) in [6.07, 6.45) is 1.16. The quantitative estimate of drug-likeness (QED) is 0.655. The minimum atomic E-state index is -3.71. The van der Waals surface area contributed by atoms with E-state index in [0.717, 1.165) is 14.9 Å². The van der Waals surface area contributed by atoms with E-state index in [4.69, 9.17) is 11.6 Å². The molecule has 0 bridgehead atoms. The van der Waals surface area contributed by atoms with Crippen molar-refractivity contribution in [1.82, 2.24) is 4.31 Å². The summed E-state index contributed by atoms with van der Waals surface area (Å²) in [4.78, 5) is 12.6. The minimum Gasteiger partial charge on any atom is -0.325 e. The van der Waals surface area contributed by atoms with Crippen LogP contribution in [0.25, 0.3) is 0 Å². The van der Waals surface area contributed by atoms with E-state index in [1.54, 1.807) is 18.2 Å². The highest BCUT2D eigenvalue weighted by Gasteiger charge is 2.40. The van der Waals surface area contributed by atoms with E-state index in [1.165, 1.54) is 10.4 Å². The molecular formula is C15H14ClIN2O3S2. The third-order valence-corrected chi connectivity index (χ3v) is 8.06. The van der Waals surface area contributed by atoms with Crippen molar-refractivity contribution in [3.8, 4) is 0 Å². The zero-order chi connectivity index (χ0) is 17.3. The van der Waals surface area contributed by atoms with Crippen LogP contribution in [0.5, 0.6) is 0 Å². The van der Waals surface area contributed by atoms with Gasteiger partial charge in [-0.1, -0.05) is 11.6 Å². The summed E-state index contributed by atoms with van der Waals surface area (Å²) < 4.78 is 28.4. The van der Waals surface area contributed by atoms with E-state index >= 15 is 0 Å². The van der Waals surface area contributed by atoms with E-state index in [9.17, 15) is 13.2 Å². The van der Waals surface area contributed by atoms with Crippen molar-refractivity contribution >= 4 is 67.1 Å². The van der Waals surface area contributed by atoms with Crippen molar-refractivity contribution in [3.05, 3.63) is 44.3 Å². The van der Waals surface area contributed by atoms with Crippen molar-refractivity contribution in [3.63, 3.8) is 0 Å². The lowest BCUT2D eigenvalue weighted by Gasteiger charge is -2.22. The Morgan fingerprint density at radius 2 is 1.96 bits per heavy atom. The van der Waals surface area contributed by atoms with Gasteiger partial charge < -0.3 is 5.32 Å². The third-order valence-electron chi connectivity index (χ3n) is 3.73. The molecule has 0 saturated carbocycles. The first-order valence-corrected chi connectivity index (χ1v) is 10.9. The van der Waals surface area contributed by atoms with Gasteiger partial charge >= 0.3 is 0 Å². The number of anilines is 1. The highest BCUT2D eigenvalue weighted by molar-refractivity contribution is 14.1. The molecular weight excluding hydrogens is 483 g/mol. The largest absolute Gasteiger partial charge is 0.325 e. The smallest absolute Gasteiger partial charge is 0.253 e. The molecule has 1 aromatic carbocycles. The second kappa shape index (κ2) is 7.28. The molecule has 5 nitrogen and oxygen atoms in total. The van der Waals surface area contributed by atoms with Gasteiger partial charge in [0.25, 0.3) is 10.0 Å². The second-order valence-electron chi connectivity index (χ2n) is 5.33. The molecule has 0 aliphatic carbocycles. The maximum Gasteiger partial charge on any atom is 0.253 e. The van der Waals surface area contributed by atoms with Gasteiger partial charge in [0.15, 0.2) is 0 Å². The fourth-order valence-electron chi connectivity index (χ4n) is 2.60. The number of benzene rings is 1. The topological polar surface area (TPSA) is 66.5 Å². The lowest BCUT2D eigenvalue weighted by Crippen LogP contribution is -2.42. The Hall–Kier alpha value is -0.680. The lowest BCUT2D eigenvalue weighted by atomic mass is 10.2. The first-order valence-electron chi connectivity index (χ1n) is 7.21. The number of nitrogens with zero attached hydrogens (tertiary/aromatic N) is 1. The fraction of sp³-hybridized carbons (Fsp3) is 0.267. The highest BCUT2D eigenvalue weighted by Crippen LogP contribution is 2.32. The summed E-state index contributed by atoms with van der Waals surface area (Å²) >= 11 is 9.03. The second-order valence-corrected chi connectivity index (χ2v) is 10.4. The number of thiophene rings is 1. The zero-order valence-corrected chi connectivity index (χ0v) is 17.0. The predicted octanol–water partition coefficient (Wildman–Crippen LogP) is 3.80. The molecule has 2 heterocycles. The number of rotatable bonds is 4. The molecule has 1 saturated heterocycles. The first kappa shape index (κ1) is 18.1. The maximum absolute atomic E-state index is 12.8. The summed E-state index contributed by atoms with van der Waals surface area (Å²) in [6.45, 7) is 0.336. The number of sulfonamides is 1. The van der Waals surface area contributed by atoms with Gasteiger partial charge in [-0.05, 0) is 71.8 Å². The molecule has 1 aromatic heterocycles. The molecule has 0 radical (unpaired) electrons. The average Bonchev–Trinajstić information content (AvgIpc) is 3.19. The standard InChI is InChI=1S/C15H14ClIN2O3S2/c16-13-7-8-14(23-13)24(21,22)19-9-1-2-12(19)15(20)18-11-5-3-10(17)4-6-11/h3-8,12H,1-2,9H2,(H,18,20)/t12-/m0/s1. The Kier molecular flexibility index (Phi) is 5.50. The minimum absolute atomic E-state index is 0.168. The van der Waals surface area contributed by atoms with Crippen LogP contribution in [-0.4, -0.2) is 31.2 Å². The first-order chi connectivity index (χ1) is 11.4. The van der Waals surface area contributed by atoms with E-state index < -0.39 is 16.1 Å². The van der Waals surface area contributed by atoms with Crippen LogP contribution >= 0.6 is 45.5 Å². The Morgan fingerprint density at radius 1 is 1.25 bits per heavy atom. The number of amides is 1. The van der Waals surface area contributed by atoms with E-state index in [0.29, 0.717) is 29.4 Å². The van der Waals surface area contributed by atoms with Gasteiger partial charge in [-0.15, -0.1) is 11.3 Å². The van der Waals surface area contributed by atoms with Crippen LogP contribution in [0.3, 0.4) is 0 Å². The summed E-state index contributed by atoms with van der Waals surface area (Å²) in [7, 11) is -3.71. The molecule has 1 aliphatic rings. The van der Waals surface area contributed by atoms with Crippen LogP contribution in [0.15, 0.2) is 40.6 Å². The molecule has 3 rings (SSSR count). The van der Waals surface area contributed by atoms with Crippen LogP contribution in [0.2, 0.25) is 4.34 Å². The highest BCUT2D eigenvalue weighted by atomic mass is 127. The normalized spacial score (nSPS) is 18.7. The molecule has 128 valence electrons. The van der Waals surface area contributed by atoms with E-state index in [-0.39, 0.29) is 10.1 Å². The summed E-state index contributed by atoms with van der Waals surface area (Å²) in [5.74, 6) is -0.306. The van der Waals surface area contributed by atoms with Crippen molar-refractivity contribution in [1.29, 1.82) is 0 Å². The number of carbonyl (C=O) groups excluding carboxylic acids is 1. The Labute approximate surface area is 163 Å². The van der Waals surface area contributed by atoms with Gasteiger partial charge in [0, 0.05) is 15.8 Å². The summed E-state index contributed by atoms with van der Waals surface area (Å²) in [6, 6.07) is 9.69. The molecule has 1 aliphatic heterocycles. The van der Waals surface area contributed by atoms with Crippen molar-refractivity contribution in [2.75, 3.05) is 11.9 Å². The van der Waals surface area contributed by atoms with E-state index in [2.05, 4.69) is 27.9 Å². The molecule has 1 fully saturated rings. The number of halogens is 2. The van der Waals surface area contributed by atoms with Crippen LogP contribution in [0, 0.1) is 3.57 Å².